The molecule has 0 saturated carbocycles. The minimum absolute atomic E-state index is 0.190. The second kappa shape index (κ2) is 10.2. The molecule has 0 aliphatic rings. The summed E-state index contributed by atoms with van der Waals surface area (Å²) in [5.41, 5.74) is 8.93. The van der Waals surface area contributed by atoms with Crippen molar-refractivity contribution in [2.75, 3.05) is 0 Å². The van der Waals surface area contributed by atoms with Crippen LogP contribution < -0.4 is 0 Å². The Hall–Kier alpha value is -5.87. The smallest absolute Gasteiger partial charge is 0.149 e. The summed E-state index contributed by atoms with van der Waals surface area (Å²) < 4.78 is 4.49. The number of fused-ring (bicyclic) bond motifs is 3. The molecular formula is C39H27N3O. The molecule has 8 aromatic rings. The number of phenols is 1. The van der Waals surface area contributed by atoms with E-state index in [1.807, 2.05) is 54.6 Å². The van der Waals surface area contributed by atoms with Gasteiger partial charge in [-0.3, -0.25) is 4.57 Å². The van der Waals surface area contributed by atoms with Gasteiger partial charge in [0.2, 0.25) is 0 Å². The number of para-hydroxylation sites is 3. The second-order valence-corrected chi connectivity index (χ2v) is 10.6. The third-order valence-corrected chi connectivity index (χ3v) is 8.06. The number of rotatable bonds is 5. The first-order valence-corrected chi connectivity index (χ1v) is 14.4. The quantitative estimate of drug-likeness (QED) is 0.231. The fourth-order valence-corrected chi connectivity index (χ4v) is 6.13. The van der Waals surface area contributed by atoms with Gasteiger partial charge in [-0.1, -0.05) is 109 Å². The molecule has 4 heteroatoms. The van der Waals surface area contributed by atoms with E-state index in [9.17, 15) is 5.11 Å². The van der Waals surface area contributed by atoms with Gasteiger partial charge in [0.1, 0.15) is 11.6 Å². The molecule has 0 unspecified atom stereocenters. The molecule has 43 heavy (non-hydrogen) atoms. The van der Waals surface area contributed by atoms with Crippen LogP contribution in [0.1, 0.15) is 0 Å². The lowest BCUT2D eigenvalue weighted by molar-refractivity contribution is 0.477. The van der Waals surface area contributed by atoms with Gasteiger partial charge in [0.25, 0.3) is 0 Å². The van der Waals surface area contributed by atoms with Crippen LogP contribution in [0, 0.1) is 0 Å². The lowest BCUT2D eigenvalue weighted by Crippen LogP contribution is -2.01. The van der Waals surface area contributed by atoms with Crippen LogP contribution in [0.3, 0.4) is 0 Å². The van der Waals surface area contributed by atoms with Gasteiger partial charge < -0.3 is 9.67 Å². The van der Waals surface area contributed by atoms with Gasteiger partial charge in [0, 0.05) is 33.3 Å². The Morgan fingerprint density at radius 1 is 0.442 bits per heavy atom. The summed E-state index contributed by atoms with van der Waals surface area (Å²) in [5, 5.41) is 13.5. The van der Waals surface area contributed by atoms with Crippen LogP contribution in [0.4, 0.5) is 0 Å². The number of benzene rings is 6. The van der Waals surface area contributed by atoms with Crippen LogP contribution >= 0.6 is 0 Å². The van der Waals surface area contributed by atoms with Crippen molar-refractivity contribution in [1.29, 1.82) is 0 Å². The van der Waals surface area contributed by atoms with Gasteiger partial charge in [-0.2, -0.15) is 0 Å². The maximum Gasteiger partial charge on any atom is 0.149 e. The molecule has 8 rings (SSSR count). The lowest BCUT2D eigenvalue weighted by atomic mass is 10.0. The maximum atomic E-state index is 11.0. The summed E-state index contributed by atoms with van der Waals surface area (Å²) in [4.78, 5) is 5.22. The Morgan fingerprint density at radius 2 is 0.930 bits per heavy atom. The first kappa shape index (κ1) is 24.9. The molecule has 0 amide bonds. The first-order chi connectivity index (χ1) is 21.3. The zero-order valence-corrected chi connectivity index (χ0v) is 23.3. The Labute approximate surface area is 249 Å². The third kappa shape index (κ3) is 4.12. The molecule has 0 aliphatic carbocycles. The van der Waals surface area contributed by atoms with Gasteiger partial charge in [-0.25, -0.2) is 4.98 Å². The molecule has 0 radical (unpaired) electrons. The number of aromatic nitrogens is 3. The van der Waals surface area contributed by atoms with Gasteiger partial charge in [-0.15, -0.1) is 0 Å². The molecule has 4 nitrogen and oxygen atoms in total. The molecule has 6 aromatic carbocycles. The summed E-state index contributed by atoms with van der Waals surface area (Å²) in [6.45, 7) is 0. The summed E-state index contributed by atoms with van der Waals surface area (Å²) >= 11 is 0. The third-order valence-electron chi connectivity index (χ3n) is 8.06. The Kier molecular flexibility index (Phi) is 5.90. The summed E-state index contributed by atoms with van der Waals surface area (Å²) in [7, 11) is 0. The number of phenolic OH excluding ortho intramolecular Hbond substituents is 1. The lowest BCUT2D eigenvalue weighted by Gasteiger charge is -2.15. The van der Waals surface area contributed by atoms with Crippen molar-refractivity contribution < 1.29 is 5.11 Å². The van der Waals surface area contributed by atoms with Crippen molar-refractivity contribution in [2.24, 2.45) is 0 Å². The summed E-state index contributed by atoms with van der Waals surface area (Å²) in [6, 6.07) is 53.7. The topological polar surface area (TPSA) is 43.0 Å². The number of nitrogens with zero attached hydrogens (tertiary/aromatic N) is 3. The predicted octanol–water partition coefficient (Wildman–Crippen LogP) is 9.68. The van der Waals surface area contributed by atoms with Crippen molar-refractivity contribution in [2.45, 2.75) is 0 Å². The molecule has 0 saturated heterocycles. The van der Waals surface area contributed by atoms with E-state index >= 15 is 0 Å². The van der Waals surface area contributed by atoms with Gasteiger partial charge in [-0.05, 0) is 48.5 Å². The van der Waals surface area contributed by atoms with Crippen molar-refractivity contribution in [3.63, 3.8) is 0 Å². The molecule has 0 aliphatic heterocycles. The van der Waals surface area contributed by atoms with E-state index in [1.165, 1.54) is 21.8 Å². The molecule has 0 atom stereocenters. The number of hydrogen-bond donors (Lipinski definition) is 1. The zero-order chi connectivity index (χ0) is 28.8. The van der Waals surface area contributed by atoms with Crippen molar-refractivity contribution in [3.05, 3.63) is 158 Å². The Bertz CT molecular complexity index is 2170. The van der Waals surface area contributed by atoms with E-state index in [1.54, 1.807) is 6.07 Å². The maximum absolute atomic E-state index is 11.0. The second-order valence-electron chi connectivity index (χ2n) is 10.6. The number of hydrogen-bond acceptors (Lipinski definition) is 2. The highest BCUT2D eigenvalue weighted by Gasteiger charge is 2.24. The van der Waals surface area contributed by atoms with Crippen molar-refractivity contribution in [3.8, 4) is 51.0 Å². The van der Waals surface area contributed by atoms with Crippen LogP contribution in [-0.2, 0) is 0 Å². The molecule has 2 heterocycles. The van der Waals surface area contributed by atoms with Gasteiger partial charge >= 0.3 is 0 Å². The average molecular weight is 554 g/mol. The zero-order valence-electron chi connectivity index (χ0n) is 23.3. The fourth-order valence-electron chi connectivity index (χ4n) is 6.13. The molecular weight excluding hydrogens is 526 g/mol. The summed E-state index contributed by atoms with van der Waals surface area (Å²) in [5.74, 6) is 0.871. The van der Waals surface area contributed by atoms with E-state index in [2.05, 4.69) is 106 Å². The minimum atomic E-state index is 0.190. The summed E-state index contributed by atoms with van der Waals surface area (Å²) in [6.07, 6.45) is 0. The van der Waals surface area contributed by atoms with Crippen LogP contribution in [0.5, 0.6) is 5.75 Å². The van der Waals surface area contributed by atoms with E-state index in [-0.39, 0.29) is 5.75 Å². The van der Waals surface area contributed by atoms with Crippen LogP contribution in [0.2, 0.25) is 0 Å². The SMILES string of the molecule is Oc1ccccc1-c1nc(-c2ccccc2)c(-c2ccccc2)n1-c1ccc(-n2c3ccccc3c3ccccc32)cc1. The molecule has 204 valence electrons. The van der Waals surface area contributed by atoms with Crippen molar-refractivity contribution >= 4 is 21.8 Å². The molecule has 1 N–H and O–H groups in total. The standard InChI is InChI=1S/C39H27N3O/c43-36-22-12-9-19-33(36)39-40-37(27-13-3-1-4-14-27)38(28-15-5-2-6-16-28)42(39)30-25-23-29(24-26-30)41-34-20-10-7-17-31(34)32-18-8-11-21-35(32)41/h1-26,43H. The van der Waals surface area contributed by atoms with Crippen LogP contribution in [-0.4, -0.2) is 19.2 Å². The predicted molar refractivity (Wildman–Crippen MR) is 176 cm³/mol. The van der Waals surface area contributed by atoms with Crippen LogP contribution in [0.15, 0.2) is 158 Å². The first-order valence-electron chi connectivity index (χ1n) is 14.4. The average Bonchev–Trinajstić information content (AvgIpc) is 3.63. The largest absolute Gasteiger partial charge is 0.507 e. The normalized spacial score (nSPS) is 11.3. The van der Waals surface area contributed by atoms with E-state index in [0.29, 0.717) is 11.4 Å². The van der Waals surface area contributed by atoms with Gasteiger partial charge in [0.05, 0.1) is 28.0 Å². The number of imidazole rings is 1. The molecule has 0 fully saturated rings. The van der Waals surface area contributed by atoms with Crippen LogP contribution in [0.25, 0.3) is 67.1 Å². The molecule has 2 aromatic heterocycles. The Balaban J connectivity index is 1.39. The molecule has 0 bridgehead atoms. The highest BCUT2D eigenvalue weighted by molar-refractivity contribution is 6.09. The van der Waals surface area contributed by atoms with E-state index in [0.717, 1.165) is 33.9 Å². The minimum Gasteiger partial charge on any atom is -0.507 e. The number of aromatic hydroxyl groups is 1. The highest BCUT2D eigenvalue weighted by atomic mass is 16.3. The van der Waals surface area contributed by atoms with E-state index < -0.39 is 0 Å². The molecule has 0 spiro atoms. The van der Waals surface area contributed by atoms with E-state index in [4.69, 9.17) is 4.98 Å². The Morgan fingerprint density at radius 3 is 1.53 bits per heavy atom. The van der Waals surface area contributed by atoms with Crippen molar-refractivity contribution in [1.82, 2.24) is 14.1 Å². The highest BCUT2D eigenvalue weighted by Crippen LogP contribution is 2.41. The monoisotopic (exact) mass is 553 g/mol. The fraction of sp³-hybridized carbons (Fsp3) is 0. The van der Waals surface area contributed by atoms with Gasteiger partial charge in [0.15, 0.2) is 0 Å².